The minimum Gasteiger partial charge on any atom is -0.362 e. The highest BCUT2D eigenvalue weighted by molar-refractivity contribution is 6.33. The summed E-state index contributed by atoms with van der Waals surface area (Å²) in [6, 6.07) is 12.4. The number of H-pyrrole nitrogens is 1. The number of carbonyl (C=O) groups is 1. The molecule has 36 heavy (non-hydrogen) atoms. The quantitative estimate of drug-likeness (QED) is 0.355. The van der Waals surface area contributed by atoms with Gasteiger partial charge in [0.1, 0.15) is 5.82 Å². The molecule has 0 radical (unpaired) electrons. The Bertz CT molecular complexity index is 1280. The lowest BCUT2D eigenvalue weighted by Crippen LogP contribution is -2.51. The van der Waals surface area contributed by atoms with Gasteiger partial charge >= 0.3 is 11.9 Å². The smallest absolute Gasteiger partial charge is 0.362 e. The predicted octanol–water partition coefficient (Wildman–Crippen LogP) is 5.96. The number of rotatable bonds is 10. The Labute approximate surface area is 211 Å². The number of benzene rings is 2. The van der Waals surface area contributed by atoms with Crippen LogP contribution in [0.2, 0.25) is 5.02 Å². The Morgan fingerprint density at radius 2 is 1.72 bits per heavy atom. The van der Waals surface area contributed by atoms with Crippen LogP contribution < -0.4 is 5.69 Å². The van der Waals surface area contributed by atoms with Crippen molar-refractivity contribution in [3.8, 4) is 22.8 Å². The molecule has 0 aliphatic carbocycles. The van der Waals surface area contributed by atoms with Crippen LogP contribution in [0.3, 0.4) is 0 Å². The average molecular weight is 522 g/mol. The fourth-order valence-electron chi connectivity index (χ4n) is 3.64. The molecule has 10 heteroatoms. The number of carbonyl (C=O) groups excluding carboxylic acids is 1. The van der Waals surface area contributed by atoms with Gasteiger partial charge in [-0.1, -0.05) is 55.3 Å². The van der Waals surface area contributed by atoms with Crippen molar-refractivity contribution in [2.45, 2.75) is 57.7 Å². The molecule has 0 aliphatic heterocycles. The zero-order chi connectivity index (χ0) is 26.5. The second kappa shape index (κ2) is 11.3. The molecule has 1 heterocycles. The zero-order valence-electron chi connectivity index (χ0n) is 20.2. The molecule has 6 nitrogen and oxygen atoms in total. The molecule has 0 fully saturated rings. The summed E-state index contributed by atoms with van der Waals surface area (Å²) in [4.78, 5) is 35.6. The van der Waals surface area contributed by atoms with E-state index in [4.69, 9.17) is 11.6 Å². The van der Waals surface area contributed by atoms with E-state index >= 15 is 0 Å². The summed E-state index contributed by atoms with van der Waals surface area (Å²) in [5, 5.41) is 0.275. The summed E-state index contributed by atoms with van der Waals surface area (Å²) in [6.07, 6.45) is -2.11. The van der Waals surface area contributed by atoms with Crippen LogP contribution in [0, 0.1) is 0 Å². The number of aromatic nitrogens is 3. The van der Waals surface area contributed by atoms with Gasteiger partial charge in [0.15, 0.2) is 11.6 Å². The Morgan fingerprint density at radius 3 is 2.33 bits per heavy atom. The molecular weight excluding hydrogens is 495 g/mol. The lowest BCUT2D eigenvalue weighted by Gasteiger charge is -2.29. The second-order valence-corrected chi connectivity index (χ2v) is 9.01. The van der Waals surface area contributed by atoms with Gasteiger partial charge in [-0.25, -0.2) is 9.78 Å². The van der Waals surface area contributed by atoms with Crippen LogP contribution in [-0.4, -0.2) is 39.6 Å². The van der Waals surface area contributed by atoms with Gasteiger partial charge in [-0.2, -0.15) is 18.2 Å². The van der Waals surface area contributed by atoms with Crippen molar-refractivity contribution in [1.29, 1.82) is 0 Å². The fraction of sp³-hybridized carbons (Fsp3) is 0.385. The molecule has 1 atom stereocenters. The summed E-state index contributed by atoms with van der Waals surface area (Å²) in [6.45, 7) is 2.84. The number of aromatic amines is 1. The van der Waals surface area contributed by atoms with Crippen molar-refractivity contribution in [3.63, 3.8) is 0 Å². The number of ether oxygens (including phenoxy) is 1. The van der Waals surface area contributed by atoms with Gasteiger partial charge < -0.3 is 4.74 Å². The minimum atomic E-state index is -4.84. The van der Waals surface area contributed by atoms with Crippen LogP contribution in [0.5, 0.6) is 0 Å². The van der Waals surface area contributed by atoms with E-state index in [0.717, 1.165) is 26.4 Å². The van der Waals surface area contributed by atoms with E-state index in [0.29, 0.717) is 23.6 Å². The molecule has 1 N–H and O–H groups in total. The van der Waals surface area contributed by atoms with E-state index in [1.807, 2.05) is 24.3 Å². The second-order valence-electron chi connectivity index (χ2n) is 8.60. The average Bonchev–Trinajstić information content (AvgIpc) is 2.85. The van der Waals surface area contributed by atoms with Crippen molar-refractivity contribution >= 4 is 17.4 Å². The number of hydrogen-bond acceptors (Lipinski definition) is 5. The Hall–Kier alpha value is -3.04. The van der Waals surface area contributed by atoms with Crippen molar-refractivity contribution in [1.82, 2.24) is 15.0 Å². The lowest BCUT2D eigenvalue weighted by atomic mass is 9.94. The highest BCUT2D eigenvalue weighted by Crippen LogP contribution is 2.35. The largest absolute Gasteiger partial charge is 0.424 e. The molecule has 0 unspecified atom stereocenters. The van der Waals surface area contributed by atoms with Crippen LogP contribution in [-0.2, 0) is 22.4 Å². The number of unbranched alkanes of at least 4 members (excludes halogenated alkanes) is 1. The maximum Gasteiger partial charge on any atom is 0.424 e. The van der Waals surface area contributed by atoms with Crippen LogP contribution in [0.4, 0.5) is 13.2 Å². The first-order chi connectivity index (χ1) is 17.0. The first-order valence-corrected chi connectivity index (χ1v) is 11.9. The molecule has 0 aliphatic rings. The van der Waals surface area contributed by atoms with Gasteiger partial charge in [-0.15, -0.1) is 0 Å². The molecule has 3 rings (SSSR count). The molecule has 2 aromatic carbocycles. The van der Waals surface area contributed by atoms with E-state index in [2.05, 4.69) is 26.6 Å². The maximum atomic E-state index is 13.3. The Balaban J connectivity index is 1.87. The fourth-order valence-corrected chi connectivity index (χ4v) is 3.84. The molecule has 0 saturated carbocycles. The number of alkyl halides is 3. The van der Waals surface area contributed by atoms with Crippen LogP contribution in [0.15, 0.2) is 47.3 Å². The lowest BCUT2D eigenvalue weighted by molar-refractivity contribution is -0.252. The first-order valence-electron chi connectivity index (χ1n) is 11.5. The SMILES string of the molecule is CCCCc1ccc(-c2nc(-c3cc(CCC(=O)[C@@](C)(OC)C(F)(F)F)ccc3Cl)[nH]c(=O)n2)cc1. The number of ketones is 1. The van der Waals surface area contributed by atoms with Gasteiger partial charge in [0, 0.05) is 24.7 Å². The summed E-state index contributed by atoms with van der Waals surface area (Å²) in [5.74, 6) is -0.710. The van der Waals surface area contributed by atoms with Gasteiger partial charge in [-0.3, -0.25) is 9.78 Å². The van der Waals surface area contributed by atoms with Crippen LogP contribution >= 0.6 is 11.6 Å². The molecule has 0 saturated heterocycles. The number of methoxy groups -OCH3 is 1. The van der Waals surface area contributed by atoms with E-state index < -0.39 is 29.7 Å². The highest BCUT2D eigenvalue weighted by atomic mass is 35.5. The Morgan fingerprint density at radius 1 is 1.06 bits per heavy atom. The monoisotopic (exact) mass is 521 g/mol. The standard InChI is InChI=1S/C26H27ClF3N3O3/c1-4-5-6-16-7-11-18(12-8-16)22-31-23(33-24(35)32-22)19-15-17(9-13-20(19)27)10-14-21(34)25(2,36-3)26(28,29)30/h7-9,11-13,15H,4-6,10,14H2,1-3H3,(H,31,32,33,35)/t25-/m1/s1. The van der Waals surface area contributed by atoms with Crippen molar-refractivity contribution < 1.29 is 22.7 Å². The molecule has 3 aromatic rings. The third-order valence-corrected chi connectivity index (χ3v) is 6.42. The number of hydrogen-bond donors (Lipinski definition) is 1. The third kappa shape index (κ3) is 6.20. The van der Waals surface area contributed by atoms with E-state index in [-0.39, 0.29) is 23.1 Å². The van der Waals surface area contributed by atoms with Crippen molar-refractivity contribution in [3.05, 3.63) is 69.1 Å². The van der Waals surface area contributed by atoms with Gasteiger partial charge in [0.25, 0.3) is 0 Å². The van der Waals surface area contributed by atoms with E-state index in [1.165, 1.54) is 5.56 Å². The van der Waals surface area contributed by atoms with Gasteiger partial charge in [0.05, 0.1) is 5.02 Å². The third-order valence-electron chi connectivity index (χ3n) is 6.09. The van der Waals surface area contributed by atoms with Crippen molar-refractivity contribution in [2.75, 3.05) is 7.11 Å². The summed E-state index contributed by atoms with van der Waals surface area (Å²) < 4.78 is 44.4. The molecule has 0 spiro atoms. The van der Waals surface area contributed by atoms with Gasteiger partial charge in [0.2, 0.25) is 5.60 Å². The molecule has 192 valence electrons. The molecule has 1 aromatic heterocycles. The first kappa shape index (κ1) is 27.5. The molecule has 0 bridgehead atoms. The molecule has 0 amide bonds. The Kier molecular flexibility index (Phi) is 8.68. The van der Waals surface area contributed by atoms with Crippen LogP contribution in [0.1, 0.15) is 44.2 Å². The highest BCUT2D eigenvalue weighted by Gasteiger charge is 2.56. The topological polar surface area (TPSA) is 84.9 Å². The van der Waals surface area contributed by atoms with Crippen LogP contribution in [0.25, 0.3) is 22.8 Å². The summed E-state index contributed by atoms with van der Waals surface area (Å²) >= 11 is 6.35. The van der Waals surface area contributed by atoms with Crippen molar-refractivity contribution in [2.24, 2.45) is 0 Å². The molecular formula is C26H27ClF3N3O3. The number of Topliss-reactive ketones (excluding diaryl/α,β-unsaturated/α-hetero) is 1. The number of halogens is 4. The number of nitrogens with one attached hydrogen (secondary N) is 1. The number of aryl methyl sites for hydroxylation is 2. The van der Waals surface area contributed by atoms with Gasteiger partial charge in [-0.05, 0) is 49.4 Å². The predicted molar refractivity (Wildman–Crippen MR) is 132 cm³/mol. The number of nitrogens with zero attached hydrogens (tertiary/aromatic N) is 2. The normalized spacial score (nSPS) is 13.4. The van der Waals surface area contributed by atoms with E-state index in [9.17, 15) is 22.8 Å². The van der Waals surface area contributed by atoms with E-state index in [1.54, 1.807) is 18.2 Å². The summed E-state index contributed by atoms with van der Waals surface area (Å²) in [7, 11) is 0.855. The summed E-state index contributed by atoms with van der Waals surface area (Å²) in [5.41, 5.74) is -0.765. The maximum absolute atomic E-state index is 13.3. The zero-order valence-corrected chi connectivity index (χ0v) is 21.0. The minimum absolute atomic E-state index is 0.0133.